The molecule has 1 N–H and O–H groups in total. The van der Waals surface area contributed by atoms with Crippen LogP contribution in [0.25, 0.3) is 22.0 Å². The molecule has 2 aromatic heterocycles. The molecule has 3 aromatic rings. The molecule has 30 heavy (non-hydrogen) atoms. The standard InChI is InChI=1S/C24H27N5O/c1-4-6-23(30)21-16-28-22-10-8-17(18-7-9-19(14-25)27-15-18)13-20(22)24(21)26-11-5-12-29(2)3/h7-10,13,15-16H,4-6,11-12H2,1-3H3,(H,26,28). The average Bonchev–Trinajstić information content (AvgIpc) is 2.76. The molecular formula is C24H27N5O. The quantitative estimate of drug-likeness (QED) is 0.419. The fourth-order valence-electron chi connectivity index (χ4n) is 3.38. The Morgan fingerprint density at radius 2 is 1.93 bits per heavy atom. The maximum Gasteiger partial charge on any atom is 0.166 e. The van der Waals surface area contributed by atoms with Gasteiger partial charge in [-0.1, -0.05) is 13.0 Å². The molecule has 0 saturated heterocycles. The third-order valence-electron chi connectivity index (χ3n) is 4.94. The molecule has 0 amide bonds. The van der Waals surface area contributed by atoms with E-state index in [1.165, 1.54) is 0 Å². The Labute approximate surface area is 177 Å². The molecule has 0 aliphatic rings. The minimum Gasteiger partial charge on any atom is -0.384 e. The van der Waals surface area contributed by atoms with E-state index in [0.29, 0.717) is 17.7 Å². The molecule has 154 valence electrons. The Bertz CT molecular complexity index is 1070. The molecule has 0 atom stereocenters. The molecule has 0 radical (unpaired) electrons. The van der Waals surface area contributed by atoms with E-state index in [9.17, 15) is 4.79 Å². The van der Waals surface area contributed by atoms with Crippen LogP contribution in [0.5, 0.6) is 0 Å². The monoisotopic (exact) mass is 401 g/mol. The SMILES string of the molecule is CCCC(=O)c1cnc2ccc(-c3ccc(C#N)nc3)cc2c1NCCCN(C)C. The summed E-state index contributed by atoms with van der Waals surface area (Å²) in [6.45, 7) is 3.75. The fraction of sp³-hybridized carbons (Fsp3) is 0.333. The molecule has 3 rings (SSSR count). The number of hydrogen-bond donors (Lipinski definition) is 1. The van der Waals surface area contributed by atoms with Gasteiger partial charge in [0.25, 0.3) is 0 Å². The Morgan fingerprint density at radius 1 is 1.13 bits per heavy atom. The maximum absolute atomic E-state index is 12.7. The third-order valence-corrected chi connectivity index (χ3v) is 4.94. The molecule has 0 bridgehead atoms. The number of benzene rings is 1. The molecule has 0 spiro atoms. The number of Topliss-reactive ketones (excluding diaryl/α,β-unsaturated/α-hetero) is 1. The summed E-state index contributed by atoms with van der Waals surface area (Å²) in [6.07, 6.45) is 5.66. The second-order valence-corrected chi connectivity index (χ2v) is 7.58. The van der Waals surface area contributed by atoms with Gasteiger partial charge in [-0.15, -0.1) is 0 Å². The van der Waals surface area contributed by atoms with Crippen molar-refractivity contribution >= 4 is 22.4 Å². The Kier molecular flexibility index (Phi) is 7.10. The number of rotatable bonds is 9. The van der Waals surface area contributed by atoms with Crippen LogP contribution in [0.15, 0.2) is 42.7 Å². The van der Waals surface area contributed by atoms with E-state index < -0.39 is 0 Å². The van der Waals surface area contributed by atoms with Crippen LogP contribution < -0.4 is 5.32 Å². The van der Waals surface area contributed by atoms with E-state index in [2.05, 4.69) is 34.3 Å². The Balaban J connectivity index is 2.03. The Morgan fingerprint density at radius 3 is 2.60 bits per heavy atom. The maximum atomic E-state index is 12.7. The van der Waals surface area contributed by atoms with Gasteiger partial charge in [-0.05, 0) is 63.3 Å². The third kappa shape index (κ3) is 5.00. The first-order valence-corrected chi connectivity index (χ1v) is 10.2. The number of ketones is 1. The number of nitrogens with one attached hydrogen (secondary N) is 1. The summed E-state index contributed by atoms with van der Waals surface area (Å²) in [4.78, 5) is 23.6. The zero-order chi connectivity index (χ0) is 21.5. The van der Waals surface area contributed by atoms with Crippen molar-refractivity contribution in [3.05, 3.63) is 54.0 Å². The van der Waals surface area contributed by atoms with Gasteiger partial charge in [-0.3, -0.25) is 9.78 Å². The second kappa shape index (κ2) is 9.95. The van der Waals surface area contributed by atoms with Crippen LogP contribution in [0.1, 0.15) is 42.2 Å². The summed E-state index contributed by atoms with van der Waals surface area (Å²) in [5.41, 5.74) is 4.60. The Hall–Kier alpha value is -3.30. The molecule has 0 fully saturated rings. The van der Waals surface area contributed by atoms with Gasteiger partial charge in [0.05, 0.1) is 16.8 Å². The number of hydrogen-bond acceptors (Lipinski definition) is 6. The lowest BCUT2D eigenvalue weighted by molar-refractivity contribution is 0.0982. The second-order valence-electron chi connectivity index (χ2n) is 7.58. The van der Waals surface area contributed by atoms with E-state index in [4.69, 9.17) is 5.26 Å². The predicted octanol–water partition coefficient (Wildman–Crippen LogP) is 4.51. The van der Waals surface area contributed by atoms with Gasteiger partial charge >= 0.3 is 0 Å². The molecular weight excluding hydrogens is 374 g/mol. The molecule has 0 saturated carbocycles. The first kappa shape index (κ1) is 21.4. The van der Waals surface area contributed by atoms with Gasteiger partial charge in [0.1, 0.15) is 11.8 Å². The largest absolute Gasteiger partial charge is 0.384 e. The van der Waals surface area contributed by atoms with Crippen molar-refractivity contribution in [3.8, 4) is 17.2 Å². The summed E-state index contributed by atoms with van der Waals surface area (Å²) >= 11 is 0. The van der Waals surface area contributed by atoms with Crippen molar-refractivity contribution in [2.45, 2.75) is 26.2 Å². The van der Waals surface area contributed by atoms with Gasteiger partial charge in [0, 0.05) is 36.3 Å². The molecule has 2 heterocycles. The summed E-state index contributed by atoms with van der Waals surface area (Å²) in [7, 11) is 4.10. The zero-order valence-electron chi connectivity index (χ0n) is 17.8. The highest BCUT2D eigenvalue weighted by Crippen LogP contribution is 2.31. The van der Waals surface area contributed by atoms with Crippen molar-refractivity contribution in [3.63, 3.8) is 0 Å². The number of nitrogens with zero attached hydrogens (tertiary/aromatic N) is 4. The minimum atomic E-state index is 0.104. The number of fused-ring (bicyclic) bond motifs is 1. The van der Waals surface area contributed by atoms with Gasteiger partial charge < -0.3 is 10.2 Å². The number of nitriles is 1. The highest BCUT2D eigenvalue weighted by molar-refractivity contribution is 6.08. The normalized spacial score (nSPS) is 10.9. The van der Waals surface area contributed by atoms with Crippen LogP contribution in [0.4, 0.5) is 5.69 Å². The molecule has 0 aliphatic carbocycles. The zero-order valence-corrected chi connectivity index (χ0v) is 17.8. The molecule has 6 heteroatoms. The van der Waals surface area contributed by atoms with Crippen molar-refractivity contribution in [2.75, 3.05) is 32.5 Å². The van der Waals surface area contributed by atoms with Crippen LogP contribution in [0.3, 0.4) is 0 Å². The van der Waals surface area contributed by atoms with Crippen molar-refractivity contribution < 1.29 is 4.79 Å². The number of anilines is 1. The van der Waals surface area contributed by atoms with Gasteiger partial charge in [0.2, 0.25) is 0 Å². The van der Waals surface area contributed by atoms with Crippen molar-refractivity contribution in [2.24, 2.45) is 0 Å². The summed E-state index contributed by atoms with van der Waals surface area (Å²) in [6, 6.07) is 11.6. The van der Waals surface area contributed by atoms with Gasteiger partial charge in [0.15, 0.2) is 5.78 Å². The first-order valence-electron chi connectivity index (χ1n) is 10.2. The smallest absolute Gasteiger partial charge is 0.166 e. The number of aromatic nitrogens is 2. The lowest BCUT2D eigenvalue weighted by Crippen LogP contribution is -2.17. The summed E-state index contributed by atoms with van der Waals surface area (Å²) < 4.78 is 0. The van der Waals surface area contributed by atoms with Crippen molar-refractivity contribution in [1.29, 1.82) is 5.26 Å². The van der Waals surface area contributed by atoms with E-state index in [1.54, 1.807) is 18.5 Å². The average molecular weight is 402 g/mol. The molecule has 1 aromatic carbocycles. The van der Waals surface area contributed by atoms with Crippen LogP contribution in [-0.4, -0.2) is 47.8 Å². The highest BCUT2D eigenvalue weighted by atomic mass is 16.1. The van der Waals surface area contributed by atoms with Gasteiger partial charge in [-0.2, -0.15) is 5.26 Å². The van der Waals surface area contributed by atoms with Crippen LogP contribution >= 0.6 is 0 Å². The first-order chi connectivity index (χ1) is 14.5. The van der Waals surface area contributed by atoms with E-state index in [-0.39, 0.29) is 5.78 Å². The summed E-state index contributed by atoms with van der Waals surface area (Å²) in [5.74, 6) is 0.104. The van der Waals surface area contributed by atoms with Crippen LogP contribution in [0.2, 0.25) is 0 Å². The van der Waals surface area contributed by atoms with Crippen LogP contribution in [0, 0.1) is 11.3 Å². The number of carbonyl (C=O) groups excluding carboxylic acids is 1. The minimum absolute atomic E-state index is 0.104. The number of pyridine rings is 2. The lowest BCUT2D eigenvalue weighted by atomic mass is 9.99. The van der Waals surface area contributed by atoms with E-state index in [0.717, 1.165) is 53.6 Å². The topological polar surface area (TPSA) is 81.9 Å². The van der Waals surface area contributed by atoms with Crippen molar-refractivity contribution in [1.82, 2.24) is 14.9 Å². The number of carbonyl (C=O) groups is 1. The molecule has 0 aliphatic heterocycles. The predicted molar refractivity (Wildman–Crippen MR) is 121 cm³/mol. The molecule has 6 nitrogen and oxygen atoms in total. The van der Waals surface area contributed by atoms with E-state index >= 15 is 0 Å². The fourth-order valence-corrected chi connectivity index (χ4v) is 3.38. The van der Waals surface area contributed by atoms with Gasteiger partial charge in [-0.25, -0.2) is 4.98 Å². The summed E-state index contributed by atoms with van der Waals surface area (Å²) in [5, 5.41) is 13.4. The lowest BCUT2D eigenvalue weighted by Gasteiger charge is -2.16. The highest BCUT2D eigenvalue weighted by Gasteiger charge is 2.15. The molecule has 0 unspecified atom stereocenters. The van der Waals surface area contributed by atoms with E-state index in [1.807, 2.05) is 37.3 Å². The van der Waals surface area contributed by atoms with Crippen LogP contribution in [-0.2, 0) is 0 Å².